The first kappa shape index (κ1) is 13.1. The predicted molar refractivity (Wildman–Crippen MR) is 66.1 cm³/mol. The van der Waals surface area contributed by atoms with Crippen LogP contribution in [0.15, 0.2) is 12.1 Å². The Hall–Kier alpha value is -1.33. The van der Waals surface area contributed by atoms with Gasteiger partial charge in [0.25, 0.3) is 5.91 Å². The van der Waals surface area contributed by atoms with Gasteiger partial charge in [-0.2, -0.15) is 0 Å². The van der Waals surface area contributed by atoms with Gasteiger partial charge in [0.1, 0.15) is 5.82 Å². The monoisotopic (exact) mass is 272 g/mol. The molecule has 1 aromatic carbocycles. The smallest absolute Gasteiger partial charge is 0.254 e. The highest BCUT2D eigenvalue weighted by Gasteiger charge is 2.40. The minimum Gasteiger partial charge on any atom is -0.398 e. The van der Waals surface area contributed by atoms with Gasteiger partial charge in [-0.15, -0.1) is 0 Å². The van der Waals surface area contributed by atoms with Crippen molar-refractivity contribution in [3.63, 3.8) is 0 Å². The van der Waals surface area contributed by atoms with Gasteiger partial charge in [0, 0.05) is 5.56 Å². The molecule has 2 rings (SSSR count). The molecule has 6 heteroatoms. The van der Waals surface area contributed by atoms with E-state index < -0.39 is 11.2 Å². The van der Waals surface area contributed by atoms with Gasteiger partial charge in [-0.1, -0.05) is 11.6 Å². The van der Waals surface area contributed by atoms with Crippen LogP contribution in [0, 0.1) is 11.2 Å². The number of carbonyl (C=O) groups excluding carboxylic acids is 1. The van der Waals surface area contributed by atoms with E-state index in [0.29, 0.717) is 0 Å². The molecule has 1 heterocycles. The van der Waals surface area contributed by atoms with Crippen molar-refractivity contribution < 1.29 is 14.0 Å². The lowest BCUT2D eigenvalue weighted by molar-refractivity contribution is -0.165. The number of nitrogens with zero attached hydrogens (tertiary/aromatic N) is 1. The molecule has 0 bridgehead atoms. The van der Waals surface area contributed by atoms with Gasteiger partial charge in [-0.3, -0.25) is 9.63 Å². The Labute approximate surface area is 109 Å². The first-order valence-electron chi connectivity index (χ1n) is 5.49. The zero-order valence-corrected chi connectivity index (χ0v) is 10.9. The van der Waals surface area contributed by atoms with Crippen LogP contribution in [0.2, 0.25) is 5.02 Å². The van der Waals surface area contributed by atoms with Gasteiger partial charge in [-0.25, -0.2) is 9.45 Å². The molecule has 0 saturated carbocycles. The fourth-order valence-corrected chi connectivity index (χ4v) is 1.85. The van der Waals surface area contributed by atoms with E-state index >= 15 is 0 Å². The number of carbonyl (C=O) groups is 1. The third-order valence-corrected chi connectivity index (χ3v) is 3.19. The maximum atomic E-state index is 13.7. The second kappa shape index (κ2) is 4.40. The first-order valence-corrected chi connectivity index (χ1v) is 5.87. The summed E-state index contributed by atoms with van der Waals surface area (Å²) in [5, 5.41) is 1.32. The molecule has 0 radical (unpaired) electrons. The zero-order chi connectivity index (χ0) is 13.5. The Morgan fingerprint density at radius 1 is 1.56 bits per heavy atom. The highest BCUT2D eigenvalue weighted by Crippen LogP contribution is 2.30. The third kappa shape index (κ3) is 2.28. The van der Waals surface area contributed by atoms with Crippen molar-refractivity contribution in [1.29, 1.82) is 0 Å². The van der Waals surface area contributed by atoms with Gasteiger partial charge in [0.15, 0.2) is 0 Å². The maximum absolute atomic E-state index is 13.7. The molecule has 0 aromatic heterocycles. The molecule has 1 saturated heterocycles. The van der Waals surface area contributed by atoms with Crippen LogP contribution in [0.25, 0.3) is 0 Å². The van der Waals surface area contributed by atoms with E-state index in [1.54, 1.807) is 13.8 Å². The zero-order valence-electron chi connectivity index (χ0n) is 10.2. The van der Waals surface area contributed by atoms with E-state index in [0.717, 1.165) is 11.1 Å². The molecular weight excluding hydrogens is 259 g/mol. The normalized spacial score (nSPS) is 18.4. The SMILES string of the molecule is CC1(C)CON(Cc2cc(N)c(Cl)cc2F)C1=O. The number of hydrogen-bond donors (Lipinski definition) is 1. The Bertz CT molecular complexity index is 505. The number of hydroxylamine groups is 2. The van der Waals surface area contributed by atoms with Gasteiger partial charge >= 0.3 is 0 Å². The average Bonchev–Trinajstić information content (AvgIpc) is 2.53. The molecule has 98 valence electrons. The number of halogens is 2. The van der Waals surface area contributed by atoms with Gasteiger partial charge in [-0.05, 0) is 26.0 Å². The Morgan fingerprint density at radius 2 is 2.22 bits per heavy atom. The summed E-state index contributed by atoms with van der Waals surface area (Å²) in [5.74, 6) is -0.675. The number of rotatable bonds is 2. The lowest BCUT2D eigenvalue weighted by Gasteiger charge is -2.17. The number of anilines is 1. The number of nitrogens with two attached hydrogens (primary N) is 1. The second-order valence-corrected chi connectivity index (χ2v) is 5.37. The molecule has 0 atom stereocenters. The third-order valence-electron chi connectivity index (χ3n) is 2.87. The van der Waals surface area contributed by atoms with Crippen molar-refractivity contribution in [3.8, 4) is 0 Å². The molecule has 2 N–H and O–H groups in total. The number of nitrogen functional groups attached to an aromatic ring is 1. The molecule has 0 unspecified atom stereocenters. The van der Waals surface area contributed by atoms with Gasteiger partial charge < -0.3 is 5.73 Å². The van der Waals surface area contributed by atoms with E-state index in [9.17, 15) is 9.18 Å². The van der Waals surface area contributed by atoms with E-state index in [2.05, 4.69) is 0 Å². The van der Waals surface area contributed by atoms with Crippen LogP contribution >= 0.6 is 11.6 Å². The van der Waals surface area contributed by atoms with Crippen LogP contribution in [-0.2, 0) is 16.2 Å². The minimum absolute atomic E-state index is 0.0233. The van der Waals surface area contributed by atoms with Gasteiger partial charge in [0.05, 0.1) is 29.3 Å². The van der Waals surface area contributed by atoms with Gasteiger partial charge in [0.2, 0.25) is 0 Å². The standard InChI is InChI=1S/C12H14ClFN2O2/c1-12(2)6-18-16(11(12)17)5-7-3-10(15)8(13)4-9(7)14/h3-4H,5-6,15H2,1-2H3. The van der Waals surface area contributed by atoms with Crippen LogP contribution in [0.1, 0.15) is 19.4 Å². The lowest BCUT2D eigenvalue weighted by atomic mass is 9.95. The Kier molecular flexibility index (Phi) is 3.21. The summed E-state index contributed by atoms with van der Waals surface area (Å²) < 4.78 is 13.7. The van der Waals surface area contributed by atoms with Crippen molar-refractivity contribution in [1.82, 2.24) is 5.06 Å². The van der Waals surface area contributed by atoms with Crippen molar-refractivity contribution in [2.45, 2.75) is 20.4 Å². The van der Waals surface area contributed by atoms with E-state index in [-0.39, 0.29) is 35.3 Å². The molecule has 0 spiro atoms. The summed E-state index contributed by atoms with van der Waals surface area (Å²) in [6.07, 6.45) is 0. The number of hydrogen-bond acceptors (Lipinski definition) is 3. The second-order valence-electron chi connectivity index (χ2n) is 4.96. The van der Waals surface area contributed by atoms with Crippen LogP contribution in [0.4, 0.5) is 10.1 Å². The van der Waals surface area contributed by atoms with Crippen molar-refractivity contribution in [2.75, 3.05) is 12.3 Å². The highest BCUT2D eigenvalue weighted by atomic mass is 35.5. The number of amides is 1. The molecular formula is C12H14ClFN2O2. The summed E-state index contributed by atoms with van der Waals surface area (Å²) >= 11 is 5.70. The lowest BCUT2D eigenvalue weighted by Crippen LogP contribution is -2.30. The number of benzene rings is 1. The van der Waals surface area contributed by atoms with Crippen molar-refractivity contribution in [2.24, 2.45) is 5.41 Å². The van der Waals surface area contributed by atoms with Crippen molar-refractivity contribution >= 4 is 23.2 Å². The molecule has 1 fully saturated rings. The summed E-state index contributed by atoms with van der Waals surface area (Å²) in [4.78, 5) is 17.2. The minimum atomic E-state index is -0.575. The molecule has 1 aromatic rings. The van der Waals surface area contributed by atoms with E-state index in [1.165, 1.54) is 6.07 Å². The fraction of sp³-hybridized carbons (Fsp3) is 0.417. The molecule has 1 aliphatic rings. The molecule has 18 heavy (non-hydrogen) atoms. The maximum Gasteiger partial charge on any atom is 0.254 e. The largest absolute Gasteiger partial charge is 0.398 e. The van der Waals surface area contributed by atoms with E-state index in [4.69, 9.17) is 22.2 Å². The van der Waals surface area contributed by atoms with Crippen LogP contribution < -0.4 is 5.73 Å². The Balaban J connectivity index is 2.21. The summed E-state index contributed by atoms with van der Waals surface area (Å²) in [6.45, 7) is 3.87. The topological polar surface area (TPSA) is 55.6 Å². The predicted octanol–water partition coefficient (Wildman–Crippen LogP) is 2.36. The van der Waals surface area contributed by atoms with Crippen LogP contribution in [0.3, 0.4) is 0 Å². The first-order chi connectivity index (χ1) is 8.31. The summed E-state index contributed by atoms with van der Waals surface area (Å²) in [6, 6.07) is 2.55. The summed E-state index contributed by atoms with van der Waals surface area (Å²) in [5.41, 5.74) is 5.59. The molecule has 4 nitrogen and oxygen atoms in total. The van der Waals surface area contributed by atoms with Crippen LogP contribution in [0.5, 0.6) is 0 Å². The van der Waals surface area contributed by atoms with E-state index in [1.807, 2.05) is 0 Å². The Morgan fingerprint density at radius 3 is 2.78 bits per heavy atom. The molecule has 1 aliphatic heterocycles. The highest BCUT2D eigenvalue weighted by molar-refractivity contribution is 6.33. The fourth-order valence-electron chi connectivity index (χ4n) is 1.70. The summed E-state index contributed by atoms with van der Waals surface area (Å²) in [7, 11) is 0. The quantitative estimate of drug-likeness (QED) is 0.841. The molecule has 1 amide bonds. The molecule has 0 aliphatic carbocycles. The average molecular weight is 273 g/mol. The van der Waals surface area contributed by atoms with Crippen molar-refractivity contribution in [3.05, 3.63) is 28.5 Å². The van der Waals surface area contributed by atoms with Crippen LogP contribution in [-0.4, -0.2) is 17.6 Å².